The van der Waals surface area contributed by atoms with Crippen molar-refractivity contribution < 1.29 is 9.50 Å². The molecule has 0 aromatic heterocycles. The van der Waals surface area contributed by atoms with E-state index in [1.54, 1.807) is 0 Å². The van der Waals surface area contributed by atoms with Gasteiger partial charge in [0.25, 0.3) is 0 Å². The molecule has 1 aromatic rings. The predicted octanol–water partition coefficient (Wildman–Crippen LogP) is 4.84. The van der Waals surface area contributed by atoms with Gasteiger partial charge in [-0.15, -0.1) is 0 Å². The van der Waals surface area contributed by atoms with Crippen molar-refractivity contribution in [2.24, 2.45) is 0 Å². The molecule has 0 aliphatic rings. The van der Waals surface area contributed by atoms with E-state index in [1.807, 2.05) is 13.8 Å². The van der Waals surface area contributed by atoms with E-state index < -0.39 is 6.10 Å². The molecule has 0 radical (unpaired) electrons. The van der Waals surface area contributed by atoms with E-state index in [0.29, 0.717) is 0 Å². The fourth-order valence-electron chi connectivity index (χ4n) is 2.53. The largest absolute Gasteiger partial charge is 0.388 e. The highest BCUT2D eigenvalue weighted by Crippen LogP contribution is 2.27. The van der Waals surface area contributed by atoms with E-state index in [2.05, 4.69) is 6.92 Å². The van der Waals surface area contributed by atoms with Crippen molar-refractivity contribution in [3.05, 3.63) is 34.6 Å². The van der Waals surface area contributed by atoms with Gasteiger partial charge in [-0.1, -0.05) is 39.0 Å². The minimum Gasteiger partial charge on any atom is -0.388 e. The van der Waals surface area contributed by atoms with Gasteiger partial charge in [-0.25, -0.2) is 4.39 Å². The summed E-state index contributed by atoms with van der Waals surface area (Å²) in [5.74, 6) is -0.219. The van der Waals surface area contributed by atoms with Crippen molar-refractivity contribution in [1.82, 2.24) is 0 Å². The molecule has 1 rings (SSSR count). The summed E-state index contributed by atoms with van der Waals surface area (Å²) in [6.07, 6.45) is 6.28. The van der Waals surface area contributed by atoms with Gasteiger partial charge in [-0.2, -0.15) is 0 Å². The van der Waals surface area contributed by atoms with Gasteiger partial charge >= 0.3 is 0 Å². The summed E-state index contributed by atoms with van der Waals surface area (Å²) < 4.78 is 13.2. The Balaban J connectivity index is 2.53. The van der Waals surface area contributed by atoms with Crippen LogP contribution in [0.25, 0.3) is 0 Å². The molecule has 102 valence electrons. The first-order valence-electron chi connectivity index (χ1n) is 7.01. The average molecular weight is 252 g/mol. The molecule has 1 N–H and O–H groups in total. The summed E-state index contributed by atoms with van der Waals surface area (Å²) in [6.45, 7) is 5.93. The molecule has 0 fully saturated rings. The third-order valence-electron chi connectivity index (χ3n) is 3.47. The Labute approximate surface area is 110 Å². The molecule has 0 saturated heterocycles. The SMILES string of the molecule is CCCCCCCC(O)c1c(C)cc(F)cc1C. The van der Waals surface area contributed by atoms with Crippen molar-refractivity contribution in [3.8, 4) is 0 Å². The number of benzene rings is 1. The Hall–Kier alpha value is -0.890. The molecule has 0 saturated carbocycles. The molecular weight excluding hydrogens is 227 g/mol. The van der Waals surface area contributed by atoms with Gasteiger partial charge in [0, 0.05) is 0 Å². The second kappa shape index (κ2) is 7.52. The van der Waals surface area contributed by atoms with Crippen molar-refractivity contribution in [2.45, 2.75) is 65.4 Å². The number of hydrogen-bond donors (Lipinski definition) is 1. The van der Waals surface area contributed by atoms with Crippen LogP contribution in [0.5, 0.6) is 0 Å². The number of unbranched alkanes of at least 4 members (excludes halogenated alkanes) is 4. The van der Waals surface area contributed by atoms with E-state index in [-0.39, 0.29) is 5.82 Å². The summed E-state index contributed by atoms with van der Waals surface area (Å²) in [5.41, 5.74) is 2.62. The second-order valence-electron chi connectivity index (χ2n) is 5.17. The zero-order chi connectivity index (χ0) is 13.5. The normalized spacial score (nSPS) is 12.7. The number of rotatable bonds is 7. The van der Waals surface area contributed by atoms with E-state index in [1.165, 1.54) is 37.8 Å². The summed E-state index contributed by atoms with van der Waals surface area (Å²) >= 11 is 0. The zero-order valence-corrected chi connectivity index (χ0v) is 11.8. The molecule has 0 heterocycles. The molecule has 0 aliphatic heterocycles. The zero-order valence-electron chi connectivity index (χ0n) is 11.8. The van der Waals surface area contributed by atoms with Crippen LogP contribution in [0, 0.1) is 19.7 Å². The monoisotopic (exact) mass is 252 g/mol. The molecule has 0 amide bonds. The Morgan fingerprint density at radius 1 is 1.06 bits per heavy atom. The van der Waals surface area contributed by atoms with Gasteiger partial charge < -0.3 is 5.11 Å². The lowest BCUT2D eigenvalue weighted by Gasteiger charge is -2.16. The van der Waals surface area contributed by atoms with Gasteiger partial charge in [0.15, 0.2) is 0 Å². The number of halogens is 1. The van der Waals surface area contributed by atoms with Crippen molar-refractivity contribution in [1.29, 1.82) is 0 Å². The summed E-state index contributed by atoms with van der Waals surface area (Å²) in [7, 11) is 0. The minimum absolute atomic E-state index is 0.219. The molecule has 0 bridgehead atoms. The predicted molar refractivity (Wildman–Crippen MR) is 74.2 cm³/mol. The number of aliphatic hydroxyl groups excluding tert-OH is 1. The van der Waals surface area contributed by atoms with Crippen LogP contribution in [0.3, 0.4) is 0 Å². The van der Waals surface area contributed by atoms with Gasteiger partial charge in [0.1, 0.15) is 5.82 Å². The maximum Gasteiger partial charge on any atom is 0.123 e. The molecular formula is C16H25FO. The lowest BCUT2D eigenvalue weighted by atomic mass is 9.94. The molecule has 0 spiro atoms. The fraction of sp³-hybridized carbons (Fsp3) is 0.625. The molecule has 2 heteroatoms. The highest BCUT2D eigenvalue weighted by Gasteiger charge is 2.14. The maximum absolute atomic E-state index is 13.2. The van der Waals surface area contributed by atoms with Crippen LogP contribution >= 0.6 is 0 Å². The van der Waals surface area contributed by atoms with E-state index in [9.17, 15) is 9.50 Å². The molecule has 1 nitrogen and oxygen atoms in total. The van der Waals surface area contributed by atoms with Crippen molar-refractivity contribution in [2.75, 3.05) is 0 Å². The van der Waals surface area contributed by atoms with Gasteiger partial charge in [-0.3, -0.25) is 0 Å². The van der Waals surface area contributed by atoms with Crippen LogP contribution in [0.15, 0.2) is 12.1 Å². The van der Waals surface area contributed by atoms with E-state index >= 15 is 0 Å². The van der Waals surface area contributed by atoms with E-state index in [0.717, 1.165) is 29.5 Å². The summed E-state index contributed by atoms with van der Waals surface area (Å²) in [5, 5.41) is 10.2. The molecule has 1 aromatic carbocycles. The average Bonchev–Trinajstić information content (AvgIpc) is 2.27. The second-order valence-corrected chi connectivity index (χ2v) is 5.17. The number of aliphatic hydroxyl groups is 1. The lowest BCUT2D eigenvalue weighted by molar-refractivity contribution is 0.162. The number of hydrogen-bond acceptors (Lipinski definition) is 1. The number of aryl methyl sites for hydroxylation is 2. The standard InChI is InChI=1S/C16H25FO/c1-4-5-6-7-8-9-15(18)16-12(2)10-14(17)11-13(16)3/h10-11,15,18H,4-9H2,1-3H3. The van der Waals surface area contributed by atoms with Gasteiger partial charge in [0.2, 0.25) is 0 Å². The Kier molecular flexibility index (Phi) is 6.34. The Morgan fingerprint density at radius 2 is 1.61 bits per heavy atom. The Bertz CT molecular complexity index is 350. The summed E-state index contributed by atoms with van der Waals surface area (Å²) in [4.78, 5) is 0. The first kappa shape index (κ1) is 15.2. The van der Waals surface area contributed by atoms with Crippen LogP contribution in [-0.2, 0) is 0 Å². The Morgan fingerprint density at radius 3 is 2.17 bits per heavy atom. The first-order chi connectivity index (χ1) is 8.56. The van der Waals surface area contributed by atoms with Crippen molar-refractivity contribution >= 4 is 0 Å². The highest BCUT2D eigenvalue weighted by atomic mass is 19.1. The third kappa shape index (κ3) is 4.41. The molecule has 1 unspecified atom stereocenters. The highest BCUT2D eigenvalue weighted by molar-refractivity contribution is 5.35. The lowest BCUT2D eigenvalue weighted by Crippen LogP contribution is -2.04. The molecule has 18 heavy (non-hydrogen) atoms. The van der Waals surface area contributed by atoms with Gasteiger partial charge in [0.05, 0.1) is 6.10 Å². The van der Waals surface area contributed by atoms with Crippen LogP contribution in [-0.4, -0.2) is 5.11 Å². The minimum atomic E-state index is -0.452. The van der Waals surface area contributed by atoms with Crippen LogP contribution in [0.4, 0.5) is 4.39 Å². The van der Waals surface area contributed by atoms with Crippen molar-refractivity contribution in [3.63, 3.8) is 0 Å². The maximum atomic E-state index is 13.2. The van der Waals surface area contributed by atoms with Crippen LogP contribution in [0.1, 0.15) is 68.2 Å². The topological polar surface area (TPSA) is 20.2 Å². The van der Waals surface area contributed by atoms with E-state index in [4.69, 9.17) is 0 Å². The van der Waals surface area contributed by atoms with Crippen LogP contribution in [0.2, 0.25) is 0 Å². The summed E-state index contributed by atoms with van der Waals surface area (Å²) in [6, 6.07) is 3.01. The smallest absolute Gasteiger partial charge is 0.123 e. The van der Waals surface area contributed by atoms with Crippen LogP contribution < -0.4 is 0 Å². The third-order valence-corrected chi connectivity index (χ3v) is 3.47. The first-order valence-corrected chi connectivity index (χ1v) is 7.01. The fourth-order valence-corrected chi connectivity index (χ4v) is 2.53. The van der Waals surface area contributed by atoms with Gasteiger partial charge in [-0.05, 0) is 49.1 Å². The quantitative estimate of drug-likeness (QED) is 0.689. The molecule has 1 atom stereocenters. The molecule has 0 aliphatic carbocycles.